The molecule has 4 amide bonds. The summed E-state index contributed by atoms with van der Waals surface area (Å²) in [5, 5.41) is 6.17. The van der Waals surface area contributed by atoms with E-state index in [4.69, 9.17) is 9.47 Å². The number of nitrogens with zero attached hydrogens (tertiary/aromatic N) is 2. The van der Waals surface area contributed by atoms with E-state index in [9.17, 15) is 32.4 Å². The van der Waals surface area contributed by atoms with E-state index in [0.717, 1.165) is 9.86 Å². The Bertz CT molecular complexity index is 1930. The fourth-order valence-electron chi connectivity index (χ4n) is 6.16. The molecule has 1 unspecified atom stereocenters. The summed E-state index contributed by atoms with van der Waals surface area (Å²) < 4.78 is 40.0. The summed E-state index contributed by atoms with van der Waals surface area (Å²) in [7, 11) is -3.93. The molecule has 1 aliphatic heterocycles. The molecule has 0 radical (unpaired) electrons. The van der Waals surface area contributed by atoms with Crippen molar-refractivity contribution >= 4 is 66.3 Å². The SMILES string of the molecule is C=CC1C[C@]1(NC(=O)[C@@H]1C[C@@H](Oc2nccc3ccc(Br)cc23)CN1C(=O)[C@H](CCC(=O)C(=C)C)NC(=O)OC(C)(C)C)C(=O)NS(=O)(=O)C1CC1. The Kier molecular flexibility index (Phi) is 11.2. The number of hydrogen-bond donors (Lipinski definition) is 3. The molecule has 1 aromatic carbocycles. The van der Waals surface area contributed by atoms with Gasteiger partial charge >= 0.3 is 6.09 Å². The Morgan fingerprint density at radius 1 is 1.17 bits per heavy atom. The van der Waals surface area contributed by atoms with E-state index in [-0.39, 0.29) is 49.5 Å². The number of halogens is 1. The fraction of sp³-hybridized carbons (Fsp3) is 0.500. The van der Waals surface area contributed by atoms with Gasteiger partial charge in [0.1, 0.15) is 29.3 Å². The number of ketones is 1. The van der Waals surface area contributed by atoms with Crippen LogP contribution in [0.25, 0.3) is 10.8 Å². The number of likely N-dealkylation sites (tertiary alicyclic amines) is 1. The predicted octanol–water partition coefficient (Wildman–Crippen LogP) is 3.83. The molecule has 3 N–H and O–H groups in total. The van der Waals surface area contributed by atoms with Gasteiger partial charge in [-0.1, -0.05) is 34.7 Å². The van der Waals surface area contributed by atoms with Gasteiger partial charge < -0.3 is 25.0 Å². The molecular formula is C36H44BrN5O9S. The standard InChI is InChI=1S/C36H44BrN5O9S/c1-7-22-18-36(22,33(46)41-52(48,49)25-10-11-25)40-30(44)28-17-24(50-31-26-16-23(37)9-8-21(26)14-15-38-31)19-42(28)32(45)27(12-13-29(43)20(2)3)39-34(47)51-35(4,5)6/h7-9,14-16,22,24-25,27-28H,1-2,10-13,17-19H2,3-6H3,(H,39,47)(H,40,44)(H,41,46)/t22?,24-,27+,28+,36-/m1/s1. The summed E-state index contributed by atoms with van der Waals surface area (Å²) in [6, 6.07) is 4.88. The molecule has 52 heavy (non-hydrogen) atoms. The lowest BCUT2D eigenvalue weighted by Crippen LogP contribution is -2.58. The predicted molar refractivity (Wildman–Crippen MR) is 195 cm³/mol. The van der Waals surface area contributed by atoms with Crippen molar-refractivity contribution in [2.45, 2.75) is 101 Å². The summed E-state index contributed by atoms with van der Waals surface area (Å²) in [4.78, 5) is 73.2. The van der Waals surface area contributed by atoms with Gasteiger partial charge in [0.2, 0.25) is 27.7 Å². The first-order valence-corrected chi connectivity index (χ1v) is 19.4. The van der Waals surface area contributed by atoms with Gasteiger partial charge in [0.25, 0.3) is 5.91 Å². The molecule has 0 spiro atoms. The minimum atomic E-state index is -3.93. The van der Waals surface area contributed by atoms with Crippen LogP contribution < -0.4 is 20.1 Å². The number of pyridine rings is 1. The third-order valence-corrected chi connectivity index (χ3v) is 11.5. The Balaban J connectivity index is 1.45. The van der Waals surface area contributed by atoms with Gasteiger partial charge in [0.15, 0.2) is 5.78 Å². The number of rotatable bonds is 14. The van der Waals surface area contributed by atoms with Gasteiger partial charge in [0, 0.05) is 34.8 Å². The number of amides is 4. The van der Waals surface area contributed by atoms with Gasteiger partial charge in [-0.05, 0) is 82.5 Å². The molecule has 2 saturated carbocycles. The third-order valence-electron chi connectivity index (χ3n) is 9.19. The number of hydrogen-bond acceptors (Lipinski definition) is 10. The highest BCUT2D eigenvalue weighted by atomic mass is 79.9. The molecule has 5 atom stereocenters. The molecule has 0 bridgehead atoms. The van der Waals surface area contributed by atoms with Gasteiger partial charge in [-0.25, -0.2) is 18.2 Å². The Morgan fingerprint density at radius 3 is 2.50 bits per heavy atom. The van der Waals surface area contributed by atoms with Crippen LogP contribution in [0.5, 0.6) is 5.88 Å². The summed E-state index contributed by atoms with van der Waals surface area (Å²) in [6.07, 6.45) is 2.07. The van der Waals surface area contributed by atoms with E-state index in [2.05, 4.69) is 49.4 Å². The molecule has 14 nitrogen and oxygen atoms in total. The van der Waals surface area contributed by atoms with Crippen LogP contribution in [0, 0.1) is 5.92 Å². The van der Waals surface area contributed by atoms with E-state index in [1.165, 1.54) is 11.0 Å². The zero-order chi connectivity index (χ0) is 38.2. The molecular weight excluding hydrogens is 758 g/mol. The van der Waals surface area contributed by atoms with Crippen molar-refractivity contribution < 1.29 is 41.9 Å². The number of fused-ring (bicyclic) bond motifs is 1. The quantitative estimate of drug-likeness (QED) is 0.187. The van der Waals surface area contributed by atoms with E-state index >= 15 is 0 Å². The average molecular weight is 803 g/mol. The van der Waals surface area contributed by atoms with E-state index in [1.54, 1.807) is 33.9 Å². The highest BCUT2D eigenvalue weighted by Gasteiger charge is 2.62. The smallest absolute Gasteiger partial charge is 0.408 e. The Morgan fingerprint density at radius 2 is 1.88 bits per heavy atom. The van der Waals surface area contributed by atoms with Gasteiger partial charge in [-0.15, -0.1) is 6.58 Å². The minimum Gasteiger partial charge on any atom is -0.472 e. The van der Waals surface area contributed by atoms with Crippen molar-refractivity contribution in [3.8, 4) is 5.88 Å². The highest BCUT2D eigenvalue weighted by molar-refractivity contribution is 9.10. The second-order valence-corrected chi connectivity index (χ2v) is 17.5. The maximum Gasteiger partial charge on any atom is 0.408 e. The fourth-order valence-corrected chi connectivity index (χ4v) is 7.88. The number of carbonyl (C=O) groups is 5. The number of nitrogens with one attached hydrogen (secondary N) is 3. The molecule has 2 aromatic rings. The number of ether oxygens (including phenoxy) is 2. The van der Waals surface area contributed by atoms with Crippen molar-refractivity contribution in [1.82, 2.24) is 25.2 Å². The van der Waals surface area contributed by atoms with Crippen molar-refractivity contribution in [3.05, 3.63) is 59.7 Å². The number of sulfonamides is 1. The first-order chi connectivity index (χ1) is 24.3. The molecule has 1 aromatic heterocycles. The van der Waals surface area contributed by atoms with Crippen LogP contribution in [-0.2, 0) is 33.9 Å². The van der Waals surface area contributed by atoms with Crippen LogP contribution in [0.3, 0.4) is 0 Å². The zero-order valence-corrected chi connectivity index (χ0v) is 32.0. The van der Waals surface area contributed by atoms with Crippen LogP contribution in [-0.4, -0.2) is 89.0 Å². The maximum atomic E-state index is 14.4. The van der Waals surface area contributed by atoms with Crippen LogP contribution in [0.1, 0.15) is 66.2 Å². The lowest BCUT2D eigenvalue weighted by molar-refractivity contribution is -0.141. The van der Waals surface area contributed by atoms with Crippen molar-refractivity contribution in [2.75, 3.05) is 6.54 Å². The number of Topliss-reactive ketones (excluding diaryl/α,β-unsaturated/α-hetero) is 1. The van der Waals surface area contributed by atoms with Gasteiger partial charge in [-0.3, -0.25) is 23.9 Å². The zero-order valence-electron chi connectivity index (χ0n) is 29.6. The number of benzene rings is 1. The molecule has 5 rings (SSSR count). The van der Waals surface area contributed by atoms with Crippen LogP contribution in [0.15, 0.2) is 59.7 Å². The molecule has 280 valence electrons. The molecule has 3 fully saturated rings. The lowest BCUT2D eigenvalue weighted by Gasteiger charge is -2.30. The van der Waals surface area contributed by atoms with Crippen molar-refractivity contribution in [2.24, 2.45) is 5.92 Å². The first-order valence-electron chi connectivity index (χ1n) is 17.0. The van der Waals surface area contributed by atoms with Gasteiger partial charge in [0.05, 0.1) is 11.8 Å². The summed E-state index contributed by atoms with van der Waals surface area (Å²) >= 11 is 3.47. The number of carbonyl (C=O) groups excluding carboxylic acids is 5. The number of aromatic nitrogens is 1. The third kappa shape index (κ3) is 9.00. The topological polar surface area (TPSA) is 190 Å². The second kappa shape index (κ2) is 15.0. The summed E-state index contributed by atoms with van der Waals surface area (Å²) in [5.74, 6) is -2.90. The molecule has 2 heterocycles. The van der Waals surface area contributed by atoms with Crippen LogP contribution >= 0.6 is 15.9 Å². The van der Waals surface area contributed by atoms with Crippen LogP contribution in [0.4, 0.5) is 4.79 Å². The average Bonchev–Trinajstić information content (AvgIpc) is 3.98. The van der Waals surface area contributed by atoms with E-state index in [0.29, 0.717) is 18.2 Å². The Hall–Kier alpha value is -4.31. The first kappa shape index (κ1) is 38.9. The molecule has 3 aliphatic rings. The van der Waals surface area contributed by atoms with Crippen molar-refractivity contribution in [3.63, 3.8) is 0 Å². The van der Waals surface area contributed by atoms with Gasteiger partial charge in [-0.2, -0.15) is 0 Å². The summed E-state index contributed by atoms with van der Waals surface area (Å²) in [5.41, 5.74) is -2.22. The highest BCUT2D eigenvalue weighted by Crippen LogP contribution is 2.45. The Labute approximate surface area is 311 Å². The number of allylic oxidation sites excluding steroid dienone is 1. The molecule has 2 aliphatic carbocycles. The number of alkyl carbamates (subject to hydrolysis) is 1. The molecule has 16 heteroatoms. The van der Waals surface area contributed by atoms with E-state index < -0.39 is 74.3 Å². The van der Waals surface area contributed by atoms with Crippen molar-refractivity contribution in [1.29, 1.82) is 0 Å². The van der Waals surface area contributed by atoms with Crippen LogP contribution in [0.2, 0.25) is 0 Å². The molecule has 1 saturated heterocycles. The van der Waals surface area contributed by atoms with E-state index in [1.807, 2.05) is 24.3 Å². The normalized spacial score (nSPS) is 23.2. The lowest BCUT2D eigenvalue weighted by atomic mass is 10.0. The maximum absolute atomic E-state index is 14.4. The summed E-state index contributed by atoms with van der Waals surface area (Å²) in [6.45, 7) is 13.8. The minimum absolute atomic E-state index is 0.0374. The largest absolute Gasteiger partial charge is 0.472 e. The second-order valence-electron chi connectivity index (χ2n) is 14.6. The monoisotopic (exact) mass is 801 g/mol.